The molecule has 1 heterocycles. The van der Waals surface area contributed by atoms with Gasteiger partial charge in [-0.15, -0.1) is 11.8 Å². The van der Waals surface area contributed by atoms with E-state index in [-0.39, 0.29) is 12.6 Å². The Kier molecular flexibility index (Phi) is 5.60. The van der Waals surface area contributed by atoms with E-state index in [2.05, 4.69) is 5.32 Å². The number of nitrogens with one attached hydrogen (secondary N) is 1. The lowest BCUT2D eigenvalue weighted by Crippen LogP contribution is -2.61. The number of rotatable bonds is 4. The molecule has 2 rings (SSSR count). The third kappa shape index (κ3) is 4.00. The summed E-state index contributed by atoms with van der Waals surface area (Å²) in [6, 6.07) is 7.64. The maximum Gasteiger partial charge on any atom is 0.321 e. The highest BCUT2D eigenvalue weighted by Crippen LogP contribution is 2.39. The van der Waals surface area contributed by atoms with E-state index in [1.54, 1.807) is 23.8 Å². The lowest BCUT2D eigenvalue weighted by Gasteiger charge is -2.49. The highest BCUT2D eigenvalue weighted by molar-refractivity contribution is 7.98. The number of piperidine rings is 1. The van der Waals surface area contributed by atoms with E-state index in [0.29, 0.717) is 19.5 Å². The number of carbonyl (C=O) groups excluding carboxylic acids is 1. The van der Waals surface area contributed by atoms with Crippen LogP contribution in [0.3, 0.4) is 0 Å². The van der Waals surface area contributed by atoms with E-state index < -0.39 is 11.0 Å². The maximum atomic E-state index is 12.5. The number of hydrogen-bond donors (Lipinski definition) is 2. The number of carbonyl (C=O) groups is 1. The standard InChI is InChI=1S/C17H26N2O3S/c1-16(2)11-19(10-9-17(16,21)12-22-3)15(20)18-13-5-7-14(23-4)8-6-13/h5-8,21H,9-12H2,1-4H3,(H,18,20). The van der Waals surface area contributed by atoms with Crippen LogP contribution in [0.25, 0.3) is 0 Å². The molecule has 1 fully saturated rings. The molecule has 5 nitrogen and oxygen atoms in total. The normalized spacial score (nSPS) is 23.6. The number of ether oxygens (including phenoxy) is 1. The Hall–Kier alpha value is -1.24. The lowest BCUT2D eigenvalue weighted by atomic mass is 9.70. The topological polar surface area (TPSA) is 61.8 Å². The van der Waals surface area contributed by atoms with Crippen molar-refractivity contribution in [3.05, 3.63) is 24.3 Å². The molecule has 2 amide bonds. The Labute approximate surface area is 142 Å². The summed E-state index contributed by atoms with van der Waals surface area (Å²) in [6.07, 6.45) is 2.53. The molecule has 1 aliphatic rings. The van der Waals surface area contributed by atoms with Crippen molar-refractivity contribution in [3.8, 4) is 0 Å². The molecule has 128 valence electrons. The fourth-order valence-corrected chi connectivity index (χ4v) is 3.33. The van der Waals surface area contributed by atoms with Crippen LogP contribution in [0.1, 0.15) is 20.3 Å². The van der Waals surface area contributed by atoms with Crippen molar-refractivity contribution in [1.29, 1.82) is 0 Å². The highest BCUT2D eigenvalue weighted by atomic mass is 32.2. The minimum absolute atomic E-state index is 0.130. The van der Waals surface area contributed by atoms with E-state index >= 15 is 0 Å². The molecule has 1 unspecified atom stereocenters. The number of hydrogen-bond acceptors (Lipinski definition) is 4. The third-order valence-electron chi connectivity index (χ3n) is 4.65. The van der Waals surface area contributed by atoms with Gasteiger partial charge in [0, 0.05) is 36.2 Å². The molecule has 0 spiro atoms. The van der Waals surface area contributed by atoms with E-state index in [9.17, 15) is 9.90 Å². The molecule has 23 heavy (non-hydrogen) atoms. The minimum atomic E-state index is -0.904. The summed E-state index contributed by atoms with van der Waals surface area (Å²) in [4.78, 5) is 15.4. The van der Waals surface area contributed by atoms with Gasteiger partial charge in [0.05, 0.1) is 12.2 Å². The number of benzene rings is 1. The summed E-state index contributed by atoms with van der Waals surface area (Å²) in [5.41, 5.74) is -0.553. The molecule has 1 saturated heterocycles. The number of likely N-dealkylation sites (tertiary alicyclic amines) is 1. The van der Waals surface area contributed by atoms with Crippen molar-refractivity contribution in [2.45, 2.75) is 30.8 Å². The van der Waals surface area contributed by atoms with E-state index in [1.807, 2.05) is 44.4 Å². The quantitative estimate of drug-likeness (QED) is 0.829. The van der Waals surface area contributed by atoms with Gasteiger partial charge in [-0.05, 0) is 36.9 Å². The predicted octanol–water partition coefficient (Wildman–Crippen LogP) is 3.05. The first-order chi connectivity index (χ1) is 10.8. The number of urea groups is 1. The number of thioether (sulfide) groups is 1. The van der Waals surface area contributed by atoms with Gasteiger partial charge in [-0.25, -0.2) is 4.79 Å². The number of methoxy groups -OCH3 is 1. The van der Waals surface area contributed by atoms with Crippen LogP contribution < -0.4 is 5.32 Å². The summed E-state index contributed by atoms with van der Waals surface area (Å²) in [7, 11) is 1.59. The van der Waals surface area contributed by atoms with Gasteiger partial charge in [-0.3, -0.25) is 0 Å². The molecule has 1 aromatic rings. The second kappa shape index (κ2) is 7.11. The molecule has 6 heteroatoms. The number of anilines is 1. The summed E-state index contributed by atoms with van der Waals surface area (Å²) >= 11 is 1.67. The predicted molar refractivity (Wildman–Crippen MR) is 94.0 cm³/mol. The van der Waals surface area contributed by atoms with Gasteiger partial charge >= 0.3 is 6.03 Å². The van der Waals surface area contributed by atoms with Crippen LogP contribution >= 0.6 is 11.8 Å². The van der Waals surface area contributed by atoms with Crippen LogP contribution in [0.4, 0.5) is 10.5 Å². The van der Waals surface area contributed by atoms with Gasteiger partial charge in [0.15, 0.2) is 0 Å². The number of amides is 2. The van der Waals surface area contributed by atoms with Crippen molar-refractivity contribution in [2.24, 2.45) is 5.41 Å². The molecule has 1 aliphatic heterocycles. The SMILES string of the molecule is COCC1(O)CCN(C(=O)Nc2ccc(SC)cc2)CC1(C)C. The van der Waals surface area contributed by atoms with Gasteiger partial charge in [-0.2, -0.15) is 0 Å². The van der Waals surface area contributed by atoms with E-state index in [1.165, 1.54) is 0 Å². The smallest absolute Gasteiger partial charge is 0.321 e. The molecule has 0 aliphatic carbocycles. The van der Waals surface area contributed by atoms with Crippen LogP contribution in [0.2, 0.25) is 0 Å². The summed E-state index contributed by atoms with van der Waals surface area (Å²) in [5.74, 6) is 0. The zero-order chi connectivity index (χ0) is 17.1. The molecular formula is C17H26N2O3S. The fraction of sp³-hybridized carbons (Fsp3) is 0.588. The summed E-state index contributed by atoms with van der Waals surface area (Å²) < 4.78 is 5.16. The first-order valence-electron chi connectivity index (χ1n) is 7.73. The van der Waals surface area contributed by atoms with Crippen LogP contribution in [-0.2, 0) is 4.74 Å². The summed E-state index contributed by atoms with van der Waals surface area (Å²) in [6.45, 7) is 5.22. The van der Waals surface area contributed by atoms with Gasteiger partial charge in [0.1, 0.15) is 0 Å². The highest BCUT2D eigenvalue weighted by Gasteiger charge is 2.48. The van der Waals surface area contributed by atoms with Crippen LogP contribution in [0.15, 0.2) is 29.2 Å². The zero-order valence-corrected chi connectivity index (χ0v) is 15.1. The van der Waals surface area contributed by atoms with Crippen molar-refractivity contribution in [3.63, 3.8) is 0 Å². The molecule has 2 N–H and O–H groups in total. The third-order valence-corrected chi connectivity index (χ3v) is 5.40. The Balaban J connectivity index is 2.01. The monoisotopic (exact) mass is 338 g/mol. The van der Waals surface area contributed by atoms with Gasteiger partial charge in [0.25, 0.3) is 0 Å². The molecular weight excluding hydrogens is 312 g/mol. The van der Waals surface area contributed by atoms with Crippen LogP contribution in [0, 0.1) is 5.41 Å². The molecule has 0 aromatic heterocycles. The maximum absolute atomic E-state index is 12.5. The van der Waals surface area contributed by atoms with E-state index in [4.69, 9.17) is 4.74 Å². The Morgan fingerprint density at radius 2 is 2.04 bits per heavy atom. The van der Waals surface area contributed by atoms with Crippen molar-refractivity contribution >= 4 is 23.5 Å². The Morgan fingerprint density at radius 3 is 2.57 bits per heavy atom. The second-order valence-corrected chi connectivity index (χ2v) is 7.56. The van der Waals surface area contributed by atoms with Crippen molar-refractivity contribution < 1.29 is 14.6 Å². The average molecular weight is 338 g/mol. The largest absolute Gasteiger partial charge is 0.387 e. The Morgan fingerprint density at radius 1 is 1.39 bits per heavy atom. The number of nitrogens with zero attached hydrogens (tertiary/aromatic N) is 1. The van der Waals surface area contributed by atoms with Gasteiger partial charge in [-0.1, -0.05) is 13.8 Å². The molecule has 0 bridgehead atoms. The fourth-order valence-electron chi connectivity index (χ4n) is 2.92. The lowest BCUT2D eigenvalue weighted by molar-refractivity contribution is -0.143. The average Bonchev–Trinajstić information content (AvgIpc) is 2.51. The zero-order valence-electron chi connectivity index (χ0n) is 14.3. The van der Waals surface area contributed by atoms with Gasteiger partial charge in [0.2, 0.25) is 0 Å². The van der Waals surface area contributed by atoms with Crippen LogP contribution in [0.5, 0.6) is 0 Å². The van der Waals surface area contributed by atoms with E-state index in [0.717, 1.165) is 10.6 Å². The molecule has 0 radical (unpaired) electrons. The van der Waals surface area contributed by atoms with Crippen LogP contribution in [-0.4, -0.2) is 54.7 Å². The Bertz CT molecular complexity index is 547. The molecule has 1 atom stereocenters. The first-order valence-corrected chi connectivity index (χ1v) is 8.95. The van der Waals surface area contributed by atoms with Gasteiger partial charge < -0.3 is 20.1 Å². The first kappa shape index (κ1) is 18.1. The molecule has 0 saturated carbocycles. The summed E-state index contributed by atoms with van der Waals surface area (Å²) in [5, 5.41) is 13.7. The molecule has 1 aromatic carbocycles. The number of aliphatic hydroxyl groups is 1. The van der Waals surface area contributed by atoms with Crippen molar-refractivity contribution in [2.75, 3.05) is 38.4 Å². The second-order valence-electron chi connectivity index (χ2n) is 6.68. The van der Waals surface area contributed by atoms with Crippen molar-refractivity contribution in [1.82, 2.24) is 4.90 Å². The minimum Gasteiger partial charge on any atom is -0.387 e.